The molecule has 2 aliphatic rings. The molecule has 0 bridgehead atoms. The van der Waals surface area contributed by atoms with E-state index in [1.54, 1.807) is 6.07 Å². The molecule has 3 heterocycles. The molecule has 1 aliphatic heterocycles. The topological polar surface area (TPSA) is 89.7 Å². The van der Waals surface area contributed by atoms with Crippen LogP contribution in [0.15, 0.2) is 60.7 Å². The van der Waals surface area contributed by atoms with Gasteiger partial charge >= 0.3 is 5.97 Å². The molecule has 4 aromatic rings. The molecule has 0 unspecified atom stereocenters. The average molecular weight is 555 g/mol. The Morgan fingerprint density at radius 3 is 2.54 bits per heavy atom. The molecule has 1 N–H and O–H groups in total. The predicted octanol–water partition coefficient (Wildman–Crippen LogP) is 6.46. The fraction of sp³-hybridized carbons (Fsp3) is 0.424. The van der Waals surface area contributed by atoms with Crippen LogP contribution < -0.4 is 4.90 Å². The first-order chi connectivity index (χ1) is 20.0. The number of carbonyl (C=O) groups is 1. The molecular formula is C33H38N4O4. The van der Waals surface area contributed by atoms with Crippen LogP contribution in [0.25, 0.3) is 22.2 Å². The number of benzene rings is 2. The first-order valence-electron chi connectivity index (χ1n) is 14.7. The summed E-state index contributed by atoms with van der Waals surface area (Å²) in [6.45, 7) is 8.04. The maximum atomic E-state index is 12.3. The van der Waals surface area contributed by atoms with Crippen molar-refractivity contribution < 1.29 is 19.4 Å². The number of hydrogen-bond donors (Lipinski definition) is 1. The SMILES string of the molecule is CC(C)c1nn([C@@H]2CCC[C@@H](OCc3ccccc3)C2)c2nc(C(=O)O)cc(-c3ccc(N4CCOCC4)cc3)c12. The van der Waals surface area contributed by atoms with Crippen molar-refractivity contribution >= 4 is 22.7 Å². The zero-order valence-electron chi connectivity index (χ0n) is 23.8. The normalized spacial score (nSPS) is 19.6. The summed E-state index contributed by atoms with van der Waals surface area (Å²) in [5.74, 6) is -0.888. The van der Waals surface area contributed by atoms with E-state index in [4.69, 9.17) is 14.6 Å². The lowest BCUT2D eigenvalue weighted by Crippen LogP contribution is -2.36. The number of anilines is 1. The molecule has 6 rings (SSSR count). The number of pyridine rings is 1. The molecule has 214 valence electrons. The van der Waals surface area contributed by atoms with E-state index in [2.05, 4.69) is 60.1 Å². The summed E-state index contributed by atoms with van der Waals surface area (Å²) in [5, 5.41) is 16.1. The Bertz CT molecular complexity index is 1490. The summed E-state index contributed by atoms with van der Waals surface area (Å²) in [6, 6.07) is 20.4. The molecule has 2 fully saturated rings. The third kappa shape index (κ3) is 5.85. The molecule has 2 aromatic heterocycles. The number of morpholine rings is 1. The first-order valence-corrected chi connectivity index (χ1v) is 14.7. The Balaban J connectivity index is 1.36. The van der Waals surface area contributed by atoms with Gasteiger partial charge in [-0.1, -0.05) is 56.3 Å². The van der Waals surface area contributed by atoms with Gasteiger partial charge in [0.05, 0.1) is 43.0 Å². The van der Waals surface area contributed by atoms with Crippen LogP contribution in [0.5, 0.6) is 0 Å². The minimum Gasteiger partial charge on any atom is -0.477 e. The zero-order chi connectivity index (χ0) is 28.3. The molecular weight excluding hydrogens is 516 g/mol. The number of hydrogen-bond acceptors (Lipinski definition) is 6. The lowest BCUT2D eigenvalue weighted by atomic mass is 9.92. The molecule has 8 nitrogen and oxygen atoms in total. The van der Waals surface area contributed by atoms with Crippen molar-refractivity contribution in [3.63, 3.8) is 0 Å². The fourth-order valence-corrected chi connectivity index (χ4v) is 6.11. The van der Waals surface area contributed by atoms with E-state index in [9.17, 15) is 9.90 Å². The number of fused-ring (bicyclic) bond motifs is 1. The lowest BCUT2D eigenvalue weighted by Gasteiger charge is -2.29. The minimum atomic E-state index is -1.04. The second-order valence-corrected chi connectivity index (χ2v) is 11.4. The van der Waals surface area contributed by atoms with E-state index < -0.39 is 5.97 Å². The van der Waals surface area contributed by atoms with E-state index in [1.165, 1.54) is 5.56 Å². The summed E-state index contributed by atoms with van der Waals surface area (Å²) in [4.78, 5) is 19.3. The molecule has 41 heavy (non-hydrogen) atoms. The van der Waals surface area contributed by atoms with Gasteiger partial charge in [0.2, 0.25) is 0 Å². The number of ether oxygens (including phenoxy) is 2. The average Bonchev–Trinajstić information content (AvgIpc) is 3.41. The van der Waals surface area contributed by atoms with Crippen LogP contribution >= 0.6 is 0 Å². The third-order valence-electron chi connectivity index (χ3n) is 8.28. The maximum Gasteiger partial charge on any atom is 0.354 e. The highest BCUT2D eigenvalue weighted by Gasteiger charge is 2.29. The summed E-state index contributed by atoms with van der Waals surface area (Å²) in [7, 11) is 0. The van der Waals surface area contributed by atoms with Crippen LogP contribution in [0.2, 0.25) is 0 Å². The van der Waals surface area contributed by atoms with Crippen molar-refractivity contribution in [2.75, 3.05) is 31.2 Å². The highest BCUT2D eigenvalue weighted by atomic mass is 16.5. The minimum absolute atomic E-state index is 0.0360. The van der Waals surface area contributed by atoms with Gasteiger partial charge < -0.3 is 19.5 Å². The van der Waals surface area contributed by atoms with Gasteiger partial charge in [-0.25, -0.2) is 14.5 Å². The first kappa shape index (κ1) is 27.4. The predicted molar refractivity (Wildman–Crippen MR) is 160 cm³/mol. The van der Waals surface area contributed by atoms with E-state index in [0.717, 1.165) is 79.9 Å². The van der Waals surface area contributed by atoms with Gasteiger partial charge in [0.15, 0.2) is 11.3 Å². The van der Waals surface area contributed by atoms with Crippen LogP contribution in [0.3, 0.4) is 0 Å². The summed E-state index contributed by atoms with van der Waals surface area (Å²) in [5.41, 5.74) is 5.77. The van der Waals surface area contributed by atoms with Crippen molar-refractivity contribution in [1.29, 1.82) is 0 Å². The van der Waals surface area contributed by atoms with Gasteiger partial charge in [-0.05, 0) is 66.5 Å². The third-order valence-corrected chi connectivity index (χ3v) is 8.28. The van der Waals surface area contributed by atoms with Gasteiger partial charge in [0.1, 0.15) is 0 Å². The largest absolute Gasteiger partial charge is 0.477 e. The molecule has 0 spiro atoms. The second-order valence-electron chi connectivity index (χ2n) is 11.4. The van der Waals surface area contributed by atoms with Crippen LogP contribution in [0.1, 0.15) is 73.2 Å². The van der Waals surface area contributed by atoms with Crippen LogP contribution in [-0.2, 0) is 16.1 Å². The summed E-state index contributed by atoms with van der Waals surface area (Å²) >= 11 is 0. The Kier molecular flexibility index (Phi) is 8.03. The number of carboxylic acid groups (broad SMARTS) is 1. The van der Waals surface area contributed by atoms with Gasteiger partial charge in [0, 0.05) is 18.8 Å². The smallest absolute Gasteiger partial charge is 0.354 e. The maximum absolute atomic E-state index is 12.3. The number of nitrogens with zero attached hydrogens (tertiary/aromatic N) is 4. The van der Waals surface area contributed by atoms with Crippen molar-refractivity contribution in [2.24, 2.45) is 0 Å². The fourth-order valence-electron chi connectivity index (χ4n) is 6.11. The lowest BCUT2D eigenvalue weighted by molar-refractivity contribution is 0.00313. The highest BCUT2D eigenvalue weighted by Crippen LogP contribution is 2.39. The molecule has 0 radical (unpaired) electrons. The molecule has 2 aromatic carbocycles. The highest BCUT2D eigenvalue weighted by molar-refractivity contribution is 6.00. The molecule has 2 atom stereocenters. The standard InChI is InChI=1S/C33H38N4O4/c1-22(2)31-30-28(24-11-13-25(14-12-24)36-15-17-40-18-16-36)20-29(33(38)39)34-32(30)37(35-31)26-9-6-10-27(19-26)41-21-23-7-4-3-5-8-23/h3-5,7-8,11-14,20,22,26-27H,6,9-10,15-19,21H2,1-2H3,(H,38,39)/t26-,27-/m1/s1. The Morgan fingerprint density at radius 1 is 1.07 bits per heavy atom. The number of carboxylic acids is 1. The summed E-state index contributed by atoms with van der Waals surface area (Å²) in [6.07, 6.45) is 3.93. The van der Waals surface area contributed by atoms with Crippen molar-refractivity contribution in [1.82, 2.24) is 14.8 Å². The van der Waals surface area contributed by atoms with Crippen LogP contribution in [0, 0.1) is 0 Å². The molecule has 8 heteroatoms. The van der Waals surface area contributed by atoms with E-state index in [1.807, 2.05) is 22.9 Å². The van der Waals surface area contributed by atoms with Gasteiger partial charge in [-0.15, -0.1) is 0 Å². The van der Waals surface area contributed by atoms with Crippen molar-refractivity contribution in [3.8, 4) is 11.1 Å². The number of rotatable bonds is 8. The Hall–Kier alpha value is -3.75. The molecule has 1 aliphatic carbocycles. The van der Waals surface area contributed by atoms with E-state index in [0.29, 0.717) is 12.3 Å². The molecule has 1 saturated carbocycles. The van der Waals surface area contributed by atoms with Gasteiger partial charge in [0.25, 0.3) is 0 Å². The van der Waals surface area contributed by atoms with E-state index >= 15 is 0 Å². The van der Waals surface area contributed by atoms with Crippen molar-refractivity contribution in [2.45, 2.75) is 64.2 Å². The summed E-state index contributed by atoms with van der Waals surface area (Å²) < 4.78 is 13.8. The number of aromatic carboxylic acids is 1. The van der Waals surface area contributed by atoms with E-state index in [-0.39, 0.29) is 23.8 Å². The Labute approximate surface area is 240 Å². The van der Waals surface area contributed by atoms with Crippen LogP contribution in [0.4, 0.5) is 5.69 Å². The van der Waals surface area contributed by atoms with Gasteiger partial charge in [-0.3, -0.25) is 0 Å². The second kappa shape index (κ2) is 12.0. The van der Waals surface area contributed by atoms with Gasteiger partial charge in [-0.2, -0.15) is 5.10 Å². The molecule has 1 saturated heterocycles. The van der Waals surface area contributed by atoms with Crippen LogP contribution in [-0.4, -0.2) is 58.2 Å². The Morgan fingerprint density at radius 2 is 1.83 bits per heavy atom. The molecule has 0 amide bonds. The zero-order valence-corrected chi connectivity index (χ0v) is 23.8. The van der Waals surface area contributed by atoms with Crippen molar-refractivity contribution in [3.05, 3.63) is 77.6 Å². The number of aromatic nitrogens is 3. The quantitative estimate of drug-likeness (QED) is 0.267. The monoisotopic (exact) mass is 554 g/mol.